The van der Waals surface area contributed by atoms with Gasteiger partial charge in [0.05, 0.1) is 45.9 Å². The number of carbonyl (C=O) groups is 3. The Kier molecular flexibility index (Phi) is 15.3. The number of amides is 3. The van der Waals surface area contributed by atoms with Crippen molar-refractivity contribution in [2.24, 2.45) is 10.8 Å². The fraction of sp³-hybridized carbons (Fsp3) is 0.812. The number of azide groups is 1. The first-order chi connectivity index (χ1) is 13.4. The molecule has 0 heterocycles. The maximum atomic E-state index is 12.1. The largest absolute Gasteiger partial charge is 0.379 e. The summed E-state index contributed by atoms with van der Waals surface area (Å²) in [5, 5.41) is 5.98. The Bertz CT molecular complexity index is 526. The standard InChI is InChI=1S/C16H31N7O5/c1-22(12-14(24)19-6-3-7-20-21-18)16(26)13-23(2)15(25)4-8-27-10-11-28-9-5-17/h3-13,17H2,1-2H3,(H,19,24). The van der Waals surface area contributed by atoms with E-state index in [4.69, 9.17) is 20.7 Å². The Balaban J connectivity index is 3.95. The topological polar surface area (TPSA) is 163 Å². The molecule has 0 unspecified atom stereocenters. The summed E-state index contributed by atoms with van der Waals surface area (Å²) < 4.78 is 10.4. The van der Waals surface area contributed by atoms with E-state index in [1.54, 1.807) is 0 Å². The lowest BCUT2D eigenvalue weighted by Gasteiger charge is -2.22. The molecule has 12 heteroatoms. The van der Waals surface area contributed by atoms with Crippen LogP contribution in [0.2, 0.25) is 0 Å². The lowest BCUT2D eigenvalue weighted by Crippen LogP contribution is -2.44. The monoisotopic (exact) mass is 401 g/mol. The SMILES string of the molecule is CN(CC(=O)NCCCN=[N+]=[N-])C(=O)CN(C)C(=O)CCOCCOCCN. The second kappa shape index (κ2) is 16.8. The zero-order chi connectivity index (χ0) is 21.2. The summed E-state index contributed by atoms with van der Waals surface area (Å²) in [5.74, 6) is -0.903. The molecule has 12 nitrogen and oxygen atoms in total. The molecule has 3 N–H and O–H groups in total. The minimum absolute atomic E-state index is 0.117. The Hall–Kier alpha value is -2.40. The van der Waals surface area contributed by atoms with Crippen LogP contribution in [0.25, 0.3) is 10.4 Å². The van der Waals surface area contributed by atoms with Gasteiger partial charge in [-0.2, -0.15) is 0 Å². The number of nitrogens with zero attached hydrogens (tertiary/aromatic N) is 5. The molecule has 28 heavy (non-hydrogen) atoms. The predicted molar refractivity (Wildman–Crippen MR) is 102 cm³/mol. The molecule has 0 fully saturated rings. The first kappa shape index (κ1) is 25.6. The molecule has 0 aromatic carbocycles. The second-order valence-electron chi connectivity index (χ2n) is 5.92. The van der Waals surface area contributed by atoms with Gasteiger partial charge in [-0.1, -0.05) is 5.11 Å². The van der Waals surface area contributed by atoms with Crippen LogP contribution in [0, 0.1) is 0 Å². The average Bonchev–Trinajstić information content (AvgIpc) is 2.66. The summed E-state index contributed by atoms with van der Waals surface area (Å²) in [7, 11) is 3.01. The first-order valence-electron chi connectivity index (χ1n) is 9.03. The summed E-state index contributed by atoms with van der Waals surface area (Å²) in [6, 6.07) is 0. The van der Waals surface area contributed by atoms with E-state index < -0.39 is 0 Å². The zero-order valence-corrected chi connectivity index (χ0v) is 16.6. The Morgan fingerprint density at radius 3 is 2.32 bits per heavy atom. The molecule has 0 aliphatic carbocycles. The van der Waals surface area contributed by atoms with Gasteiger partial charge in [0.15, 0.2) is 0 Å². The van der Waals surface area contributed by atoms with E-state index in [0.717, 1.165) is 0 Å². The van der Waals surface area contributed by atoms with Crippen LogP contribution in [0.4, 0.5) is 0 Å². The molecular weight excluding hydrogens is 370 g/mol. The highest BCUT2D eigenvalue weighted by atomic mass is 16.5. The third kappa shape index (κ3) is 13.8. The minimum Gasteiger partial charge on any atom is -0.379 e. The van der Waals surface area contributed by atoms with Crippen LogP contribution in [-0.4, -0.2) is 101 Å². The fourth-order valence-electron chi connectivity index (χ4n) is 1.95. The van der Waals surface area contributed by atoms with Crippen LogP contribution in [0.3, 0.4) is 0 Å². The number of hydrogen-bond donors (Lipinski definition) is 2. The molecule has 160 valence electrons. The van der Waals surface area contributed by atoms with E-state index >= 15 is 0 Å². The lowest BCUT2D eigenvalue weighted by molar-refractivity contribution is -0.140. The van der Waals surface area contributed by atoms with E-state index in [0.29, 0.717) is 45.9 Å². The third-order valence-electron chi connectivity index (χ3n) is 3.52. The van der Waals surface area contributed by atoms with E-state index in [-0.39, 0.29) is 43.8 Å². The van der Waals surface area contributed by atoms with Gasteiger partial charge in [-0.25, -0.2) is 0 Å². The van der Waals surface area contributed by atoms with Crippen LogP contribution in [0.5, 0.6) is 0 Å². The van der Waals surface area contributed by atoms with Crippen molar-refractivity contribution in [3.63, 3.8) is 0 Å². The molecule has 0 aliphatic rings. The number of likely N-dealkylation sites (N-methyl/N-ethyl adjacent to an activating group) is 2. The summed E-state index contributed by atoms with van der Waals surface area (Å²) in [5.41, 5.74) is 13.4. The highest BCUT2D eigenvalue weighted by molar-refractivity contribution is 5.88. The van der Waals surface area contributed by atoms with E-state index in [1.165, 1.54) is 23.9 Å². The molecule has 0 saturated heterocycles. The quantitative estimate of drug-likeness (QED) is 0.147. The van der Waals surface area contributed by atoms with Crippen molar-refractivity contribution in [2.75, 3.05) is 73.2 Å². The summed E-state index contributed by atoms with van der Waals surface area (Å²) in [6.07, 6.45) is 0.669. The summed E-state index contributed by atoms with van der Waals surface area (Å²) in [6.45, 7) is 2.34. The Morgan fingerprint density at radius 2 is 1.68 bits per heavy atom. The molecule has 0 spiro atoms. The smallest absolute Gasteiger partial charge is 0.242 e. The molecule has 0 atom stereocenters. The van der Waals surface area contributed by atoms with Crippen LogP contribution in [0.1, 0.15) is 12.8 Å². The Labute approximate surface area is 164 Å². The molecule has 0 rings (SSSR count). The highest BCUT2D eigenvalue weighted by Gasteiger charge is 2.17. The van der Waals surface area contributed by atoms with E-state index in [1.807, 2.05) is 0 Å². The molecule has 0 saturated carbocycles. The van der Waals surface area contributed by atoms with Crippen molar-refractivity contribution >= 4 is 17.7 Å². The lowest BCUT2D eigenvalue weighted by atomic mass is 10.3. The van der Waals surface area contributed by atoms with Gasteiger partial charge in [-0.3, -0.25) is 14.4 Å². The number of rotatable bonds is 16. The van der Waals surface area contributed by atoms with Gasteiger partial charge >= 0.3 is 0 Å². The minimum atomic E-state index is -0.351. The molecule has 0 radical (unpaired) electrons. The molecular formula is C16H31N7O5. The van der Waals surface area contributed by atoms with Gasteiger partial charge in [0.2, 0.25) is 17.7 Å². The van der Waals surface area contributed by atoms with Crippen molar-refractivity contribution in [2.45, 2.75) is 12.8 Å². The van der Waals surface area contributed by atoms with Gasteiger partial charge < -0.3 is 30.3 Å². The van der Waals surface area contributed by atoms with Crippen LogP contribution < -0.4 is 11.1 Å². The van der Waals surface area contributed by atoms with Gasteiger partial charge in [0, 0.05) is 38.6 Å². The van der Waals surface area contributed by atoms with Crippen molar-refractivity contribution in [3.05, 3.63) is 10.4 Å². The molecule has 3 amide bonds. The molecule has 0 aromatic heterocycles. The molecule has 0 aliphatic heterocycles. The van der Waals surface area contributed by atoms with Crippen molar-refractivity contribution in [1.29, 1.82) is 0 Å². The van der Waals surface area contributed by atoms with Gasteiger partial charge in [0.1, 0.15) is 0 Å². The first-order valence-corrected chi connectivity index (χ1v) is 9.03. The van der Waals surface area contributed by atoms with Crippen molar-refractivity contribution < 1.29 is 23.9 Å². The normalized spacial score (nSPS) is 10.1. The van der Waals surface area contributed by atoms with Crippen molar-refractivity contribution in [1.82, 2.24) is 15.1 Å². The summed E-state index contributed by atoms with van der Waals surface area (Å²) >= 11 is 0. The number of hydrogen-bond acceptors (Lipinski definition) is 7. The second-order valence-corrected chi connectivity index (χ2v) is 5.92. The predicted octanol–water partition coefficient (Wildman–Crippen LogP) is -0.898. The number of nitrogens with one attached hydrogen (secondary N) is 1. The maximum Gasteiger partial charge on any atom is 0.242 e. The Morgan fingerprint density at radius 1 is 1.04 bits per heavy atom. The summed E-state index contributed by atoms with van der Waals surface area (Å²) in [4.78, 5) is 41.0. The number of carbonyl (C=O) groups excluding carboxylic acids is 3. The molecule has 0 aromatic rings. The maximum absolute atomic E-state index is 12.1. The average molecular weight is 401 g/mol. The number of ether oxygens (including phenoxy) is 2. The van der Waals surface area contributed by atoms with E-state index in [2.05, 4.69) is 15.3 Å². The van der Waals surface area contributed by atoms with Crippen molar-refractivity contribution in [3.8, 4) is 0 Å². The highest BCUT2D eigenvalue weighted by Crippen LogP contribution is 1.95. The molecule has 0 bridgehead atoms. The van der Waals surface area contributed by atoms with Gasteiger partial charge in [-0.15, -0.1) is 0 Å². The van der Waals surface area contributed by atoms with E-state index in [9.17, 15) is 14.4 Å². The van der Waals surface area contributed by atoms with Gasteiger partial charge in [-0.05, 0) is 12.0 Å². The van der Waals surface area contributed by atoms with Crippen LogP contribution >= 0.6 is 0 Å². The van der Waals surface area contributed by atoms with Crippen LogP contribution in [-0.2, 0) is 23.9 Å². The zero-order valence-electron chi connectivity index (χ0n) is 16.6. The third-order valence-corrected chi connectivity index (χ3v) is 3.52. The number of nitrogens with two attached hydrogens (primary N) is 1. The van der Waals surface area contributed by atoms with Crippen LogP contribution in [0.15, 0.2) is 5.11 Å². The fourth-order valence-corrected chi connectivity index (χ4v) is 1.95. The van der Waals surface area contributed by atoms with Gasteiger partial charge in [0.25, 0.3) is 0 Å².